The Kier molecular flexibility index (Phi) is 22.9. The smallest absolute Gasteiger partial charge is 0.180 e. The fourth-order valence-electron chi connectivity index (χ4n) is 21.6. The Hall–Kier alpha value is -17.4. The largest absolute Gasteiger partial charge is 0.208 e. The third kappa shape index (κ3) is 16.2. The van der Waals surface area contributed by atoms with Gasteiger partial charge in [-0.25, -0.2) is 44.9 Å². The first-order valence-electron chi connectivity index (χ1n) is 48.9. The molecule has 26 rings (SSSR count). The molecule has 678 valence electrons. The van der Waals surface area contributed by atoms with Crippen molar-refractivity contribution in [3.8, 4) is 158 Å². The lowest BCUT2D eigenvalue weighted by molar-refractivity contribution is 1.07. The van der Waals surface area contributed by atoms with E-state index in [0.29, 0.717) is 52.4 Å². The summed E-state index contributed by atoms with van der Waals surface area (Å²) in [5, 5.41) is 18.9. The van der Waals surface area contributed by atoms with E-state index in [-0.39, 0.29) is 0 Å². The summed E-state index contributed by atoms with van der Waals surface area (Å²) in [6.45, 7) is 13.6. The van der Waals surface area contributed by atoms with E-state index >= 15 is 0 Å². The molecule has 23 aromatic rings. The third-order valence-electron chi connectivity index (χ3n) is 28.8. The van der Waals surface area contributed by atoms with Gasteiger partial charge in [0.05, 0.1) is 0 Å². The fourth-order valence-corrected chi connectivity index (χ4v) is 35.0. The molecule has 0 N–H and O–H groups in total. The molecule has 0 radical (unpaired) electrons. The number of rotatable bonds is 15. The highest BCUT2D eigenvalue weighted by atomic mass is 28.3. The Morgan fingerprint density at radius 1 is 0.147 bits per heavy atom. The number of aromatic nitrogens is 9. The van der Waals surface area contributed by atoms with Gasteiger partial charge in [-0.3, -0.25) is 0 Å². The van der Waals surface area contributed by atoms with Gasteiger partial charge in [0, 0.05) is 50.1 Å². The van der Waals surface area contributed by atoms with Crippen molar-refractivity contribution in [3.05, 3.63) is 501 Å². The standard InChI is InChI=1S/2C45H33N3Si.C41H31N3Si/c1-30-19-25-36(26-20-30)49(37-27-21-31(2)22-28-37)40-17-9-8-15-38(40)42-39(16-10-18-41(42)49)45-47-43(33-12-4-3-5-13-33)46-44(48-45)35-24-23-32-11-6-7-14-34(32)29-35;1-30-16-23-37(24-17-30)49(38-25-18-31(2)19-26-38)41-15-9-8-14-39(41)40-29-36(22-27-42(40)49)45-47-43(33-11-4-3-5-12-33)46-44(48-45)35-21-20-32-10-6-7-13-34(32)28-35;1-45(2)37-22-10-9-21-35(37)36-24-23-33(27-38(36)45)31-18-11-17-30(25-31)32-19-12-20-34(26-32)41-43-39(28-13-5-3-6-14-28)42-40(44-41)29-15-7-4-8-16-29/h2*3-29H,1-2H3;3-27H,1-2H3. The topological polar surface area (TPSA) is 116 Å². The molecule has 9 nitrogen and oxygen atoms in total. The molecule has 20 aromatic carbocycles. The van der Waals surface area contributed by atoms with Crippen molar-refractivity contribution in [2.45, 2.75) is 40.8 Å². The van der Waals surface area contributed by atoms with E-state index in [1.54, 1.807) is 0 Å². The van der Waals surface area contributed by atoms with Crippen LogP contribution in [0, 0.1) is 27.7 Å². The number of benzene rings is 20. The average Bonchev–Trinajstić information content (AvgIpc) is 1.53. The molecule has 3 aliphatic rings. The maximum atomic E-state index is 5.27. The first-order valence-corrected chi connectivity index (χ1v) is 55.9. The molecule has 6 heterocycles. The normalized spacial score (nSPS) is 12.9. The van der Waals surface area contributed by atoms with Crippen LogP contribution in [0.2, 0.25) is 13.1 Å². The summed E-state index contributed by atoms with van der Waals surface area (Å²) < 4.78 is 0. The van der Waals surface area contributed by atoms with Gasteiger partial charge in [-0.1, -0.05) is 484 Å². The van der Waals surface area contributed by atoms with Crippen molar-refractivity contribution < 1.29 is 0 Å². The fraction of sp³-hybridized carbons (Fsp3) is 0.0458. The molecule has 0 aliphatic carbocycles. The van der Waals surface area contributed by atoms with Crippen LogP contribution in [-0.4, -0.2) is 69.1 Å². The van der Waals surface area contributed by atoms with Gasteiger partial charge < -0.3 is 0 Å². The van der Waals surface area contributed by atoms with Crippen molar-refractivity contribution in [1.29, 1.82) is 0 Å². The molecule has 0 bridgehead atoms. The number of nitrogens with zero attached hydrogens (tertiary/aromatic N) is 9. The predicted octanol–water partition coefficient (Wildman–Crippen LogP) is 25.0. The van der Waals surface area contributed by atoms with Crippen LogP contribution in [0.5, 0.6) is 0 Å². The van der Waals surface area contributed by atoms with Crippen molar-refractivity contribution in [1.82, 2.24) is 44.9 Å². The lowest BCUT2D eigenvalue weighted by atomic mass is 9.96. The highest BCUT2D eigenvalue weighted by Crippen LogP contribution is 2.42. The highest BCUT2D eigenvalue weighted by Gasteiger charge is 2.51. The minimum atomic E-state index is -2.69. The molecule has 3 aliphatic heterocycles. The molecule has 3 aromatic heterocycles. The van der Waals surface area contributed by atoms with Crippen molar-refractivity contribution in [2.75, 3.05) is 0 Å². The highest BCUT2D eigenvalue weighted by molar-refractivity contribution is 7.23. The van der Waals surface area contributed by atoms with E-state index in [9.17, 15) is 0 Å². The first kappa shape index (κ1) is 88.3. The van der Waals surface area contributed by atoms with Gasteiger partial charge in [-0.15, -0.1) is 0 Å². The van der Waals surface area contributed by atoms with Gasteiger partial charge in [0.25, 0.3) is 0 Å². The molecule has 12 heteroatoms. The number of hydrogen-bond donors (Lipinski definition) is 0. The van der Waals surface area contributed by atoms with Gasteiger partial charge >= 0.3 is 0 Å². The quantitative estimate of drug-likeness (QED) is 0.0925. The maximum absolute atomic E-state index is 5.27. The number of fused-ring (bicyclic) bond motifs is 11. The molecule has 0 amide bonds. The zero-order valence-corrected chi connectivity index (χ0v) is 83.1. The van der Waals surface area contributed by atoms with Gasteiger partial charge in [0.2, 0.25) is 0 Å². The zero-order valence-electron chi connectivity index (χ0n) is 80.1. The van der Waals surface area contributed by atoms with Gasteiger partial charge in [0.15, 0.2) is 68.6 Å². The predicted molar refractivity (Wildman–Crippen MR) is 601 cm³/mol. The molecule has 0 spiro atoms. The van der Waals surface area contributed by atoms with E-state index in [1.165, 1.54) is 129 Å². The third-order valence-corrected chi connectivity index (χ3v) is 42.1. The maximum Gasteiger partial charge on any atom is 0.180 e. The summed E-state index contributed by atoms with van der Waals surface area (Å²) in [6, 6.07) is 172. The molecule has 0 fully saturated rings. The van der Waals surface area contributed by atoms with Crippen molar-refractivity contribution in [2.24, 2.45) is 0 Å². The van der Waals surface area contributed by atoms with Gasteiger partial charge in [0.1, 0.15) is 8.07 Å². The van der Waals surface area contributed by atoms with E-state index in [1.807, 2.05) is 97.1 Å². The van der Waals surface area contributed by atoms with E-state index in [0.717, 1.165) is 72.0 Å². The Morgan fingerprint density at radius 3 is 0.846 bits per heavy atom. The molecule has 143 heavy (non-hydrogen) atoms. The molecule has 0 atom stereocenters. The number of hydrogen-bond acceptors (Lipinski definition) is 9. The monoisotopic (exact) mass is 1880 g/mol. The molecule has 0 saturated carbocycles. The van der Waals surface area contributed by atoms with Crippen LogP contribution in [0.15, 0.2) is 479 Å². The number of aryl methyl sites for hydroxylation is 4. The molecular weight excluding hydrogens is 1780 g/mol. The summed E-state index contributed by atoms with van der Waals surface area (Å²) in [4.78, 5) is 45.6. The zero-order chi connectivity index (χ0) is 96.3. The minimum Gasteiger partial charge on any atom is -0.208 e. The van der Waals surface area contributed by atoms with Crippen LogP contribution in [0.3, 0.4) is 0 Å². The lowest BCUT2D eigenvalue weighted by Gasteiger charge is -2.31. The molecule has 0 unspecified atom stereocenters. The first-order chi connectivity index (χ1) is 70.2. The summed E-state index contributed by atoms with van der Waals surface area (Å²) in [6.07, 6.45) is 0. The Labute approximate surface area is 836 Å². The summed E-state index contributed by atoms with van der Waals surface area (Å²) in [5.41, 5.74) is 26.4. The molecular formula is C131H97N9Si3. The van der Waals surface area contributed by atoms with Gasteiger partial charge in [-0.05, 0) is 187 Å². The Bertz CT molecular complexity index is 8680. The van der Waals surface area contributed by atoms with Crippen LogP contribution in [0.4, 0.5) is 0 Å². The van der Waals surface area contributed by atoms with Crippen molar-refractivity contribution >= 4 is 97.6 Å². The van der Waals surface area contributed by atoms with E-state index in [2.05, 4.69) is 423 Å². The summed E-state index contributed by atoms with van der Waals surface area (Å²) in [7, 11) is -7.04. The SMILES string of the molecule is C[Si]1(C)c2ccccc2-c2ccc(-c3cccc(-c4cccc(-c5nc(-c6ccccc6)nc(-c6ccccc6)n5)c4)c3)cc21.Cc1ccc([Si]2(c3ccc(C)cc3)c3ccccc3-c3c(-c4nc(-c5ccccc5)nc(-c5ccc6ccccc6c5)n4)cccc32)cc1.Cc1ccc([Si]2(c3ccc(C)cc3)c3ccccc3-c3cc(-c4nc(-c5ccccc5)nc(-c5ccc6ccccc6c5)n4)ccc32)cc1. The molecule has 0 saturated heterocycles. The second kappa shape index (κ2) is 37.1. The van der Waals surface area contributed by atoms with E-state index in [4.69, 9.17) is 44.9 Å². The van der Waals surface area contributed by atoms with Crippen LogP contribution < -0.4 is 51.9 Å². The van der Waals surface area contributed by atoms with Gasteiger partial charge in [-0.2, -0.15) is 0 Å². The second-order valence-corrected chi connectivity index (χ2v) is 49.9. The van der Waals surface area contributed by atoms with Crippen molar-refractivity contribution in [3.63, 3.8) is 0 Å². The average molecular weight is 1880 g/mol. The Morgan fingerprint density at radius 2 is 0.413 bits per heavy atom. The summed E-state index contributed by atoms with van der Waals surface area (Å²) >= 11 is 0. The Balaban J connectivity index is 0.000000116. The van der Waals surface area contributed by atoms with Crippen LogP contribution in [0.1, 0.15) is 22.3 Å². The minimum absolute atomic E-state index is 0.658. The van der Waals surface area contributed by atoms with Crippen LogP contribution >= 0.6 is 0 Å². The lowest BCUT2D eigenvalue weighted by Crippen LogP contribution is -2.72. The second-order valence-electron chi connectivity index (χ2n) is 38.1. The van der Waals surface area contributed by atoms with Crippen LogP contribution in [-0.2, 0) is 0 Å². The van der Waals surface area contributed by atoms with Crippen LogP contribution in [0.25, 0.3) is 180 Å². The summed E-state index contributed by atoms with van der Waals surface area (Å²) in [5.74, 6) is 6.00. The van der Waals surface area contributed by atoms with E-state index < -0.39 is 24.2 Å².